The van der Waals surface area contributed by atoms with Crippen LogP contribution in [-0.4, -0.2) is 17.2 Å². The number of hydrogen-bond acceptors (Lipinski definition) is 2. The van der Waals surface area contributed by atoms with E-state index in [2.05, 4.69) is 54.6 Å². The number of aryl methyl sites for hydroxylation is 1. The molecule has 2 aliphatic rings. The summed E-state index contributed by atoms with van der Waals surface area (Å²) in [4.78, 5) is 0. The van der Waals surface area contributed by atoms with Gasteiger partial charge >= 0.3 is 0 Å². The molecule has 0 amide bonds. The van der Waals surface area contributed by atoms with E-state index in [1.807, 2.05) is 0 Å². The lowest BCUT2D eigenvalue weighted by atomic mass is 9.73. The van der Waals surface area contributed by atoms with E-state index >= 15 is 0 Å². The first kappa shape index (κ1) is 14.6. The molecule has 2 heterocycles. The molecule has 1 aliphatic heterocycles. The molecule has 2 aromatic rings. The van der Waals surface area contributed by atoms with Crippen LogP contribution in [0.3, 0.4) is 0 Å². The van der Waals surface area contributed by atoms with Crippen LogP contribution >= 0.6 is 12.6 Å². The summed E-state index contributed by atoms with van der Waals surface area (Å²) in [5.41, 5.74) is 6.04. The first-order chi connectivity index (χ1) is 10.7. The smallest absolute Gasteiger partial charge is 0.0488 e. The van der Waals surface area contributed by atoms with Gasteiger partial charge in [-0.25, -0.2) is 0 Å². The van der Waals surface area contributed by atoms with Crippen molar-refractivity contribution >= 4 is 23.5 Å². The zero-order chi connectivity index (χ0) is 15.3. The van der Waals surface area contributed by atoms with Crippen molar-refractivity contribution in [2.45, 2.75) is 57.4 Å². The third-order valence-electron chi connectivity index (χ3n) is 5.63. The second kappa shape index (κ2) is 5.61. The molecule has 0 saturated carbocycles. The minimum Gasteiger partial charge on any atom is -0.343 e. The van der Waals surface area contributed by atoms with Crippen molar-refractivity contribution in [3.05, 3.63) is 35.0 Å². The third kappa shape index (κ3) is 2.05. The summed E-state index contributed by atoms with van der Waals surface area (Å²) in [6.07, 6.45) is 3.68. The van der Waals surface area contributed by atoms with Gasteiger partial charge in [-0.15, -0.1) is 0 Å². The quantitative estimate of drug-likeness (QED) is 0.815. The molecule has 3 atom stereocenters. The Morgan fingerprint density at radius 2 is 2.23 bits per heavy atom. The van der Waals surface area contributed by atoms with E-state index in [4.69, 9.17) is 0 Å². The van der Waals surface area contributed by atoms with E-state index in [-0.39, 0.29) is 0 Å². The Balaban J connectivity index is 1.95. The standard InChI is InChI=1S/C19H26N2S/c1-3-7-21-17-6-4-5-13-14-8-12(2)10-20-16(14)9-15(19(13)17)18(21)11-22/h4-6,12,14,16,20,22H,3,7-11H2,1-2H3/t12-,14-,16-/m1/s1. The van der Waals surface area contributed by atoms with Gasteiger partial charge in [0.2, 0.25) is 0 Å². The molecule has 0 unspecified atom stereocenters. The summed E-state index contributed by atoms with van der Waals surface area (Å²) in [5.74, 6) is 2.31. The normalized spacial score (nSPS) is 27.1. The minimum atomic E-state index is 0.616. The maximum atomic E-state index is 4.66. The average molecular weight is 314 g/mol. The number of nitrogens with one attached hydrogen (secondary N) is 1. The molecule has 1 aromatic heterocycles. The van der Waals surface area contributed by atoms with Gasteiger partial charge in [0.1, 0.15) is 0 Å². The Bertz CT molecular complexity index is 703. The van der Waals surface area contributed by atoms with E-state index in [0.29, 0.717) is 12.0 Å². The predicted molar refractivity (Wildman–Crippen MR) is 96.9 cm³/mol. The lowest BCUT2D eigenvalue weighted by molar-refractivity contribution is 0.282. The molecule has 1 fully saturated rings. The van der Waals surface area contributed by atoms with Crippen molar-refractivity contribution in [2.75, 3.05) is 6.54 Å². The topological polar surface area (TPSA) is 17.0 Å². The molecular weight excluding hydrogens is 288 g/mol. The predicted octanol–water partition coefficient (Wildman–Crippen LogP) is 4.12. The van der Waals surface area contributed by atoms with E-state index in [1.165, 1.54) is 37.0 Å². The summed E-state index contributed by atoms with van der Waals surface area (Å²) in [5, 5.41) is 5.37. The second-order valence-corrected chi connectivity index (χ2v) is 7.46. The van der Waals surface area contributed by atoms with Gasteiger partial charge in [-0.1, -0.05) is 26.0 Å². The molecule has 0 spiro atoms. The number of hydrogen-bond donors (Lipinski definition) is 2. The molecule has 0 radical (unpaired) electrons. The molecule has 3 heteroatoms. The summed E-state index contributed by atoms with van der Waals surface area (Å²) < 4.78 is 2.53. The van der Waals surface area contributed by atoms with Crippen LogP contribution in [0.2, 0.25) is 0 Å². The first-order valence-corrected chi connectivity index (χ1v) is 9.34. The Labute approximate surface area is 138 Å². The van der Waals surface area contributed by atoms with Gasteiger partial charge in [-0.05, 0) is 48.9 Å². The highest BCUT2D eigenvalue weighted by molar-refractivity contribution is 7.79. The molecule has 22 heavy (non-hydrogen) atoms. The zero-order valence-electron chi connectivity index (χ0n) is 13.6. The van der Waals surface area contributed by atoms with E-state index < -0.39 is 0 Å². The SMILES string of the molecule is CCCn1c(CS)c2c3c(cccc31)[C@H]1C[C@@H](C)CN[C@@H]1C2. The molecule has 0 bridgehead atoms. The van der Waals surface area contributed by atoms with Crippen LogP contribution in [0.15, 0.2) is 18.2 Å². The fourth-order valence-corrected chi connectivity index (χ4v) is 5.07. The van der Waals surface area contributed by atoms with Gasteiger partial charge in [0.15, 0.2) is 0 Å². The molecule has 1 saturated heterocycles. The summed E-state index contributed by atoms with van der Waals surface area (Å²) in [6.45, 7) is 6.91. The van der Waals surface area contributed by atoms with Crippen molar-refractivity contribution in [1.82, 2.24) is 9.88 Å². The van der Waals surface area contributed by atoms with Crippen LogP contribution in [0.25, 0.3) is 10.9 Å². The van der Waals surface area contributed by atoms with E-state index in [1.54, 1.807) is 16.5 Å². The fraction of sp³-hybridized carbons (Fsp3) is 0.579. The van der Waals surface area contributed by atoms with Crippen LogP contribution < -0.4 is 5.32 Å². The molecule has 1 N–H and O–H groups in total. The van der Waals surface area contributed by atoms with Gasteiger partial charge in [0.25, 0.3) is 0 Å². The maximum absolute atomic E-state index is 4.66. The monoisotopic (exact) mass is 314 g/mol. The van der Waals surface area contributed by atoms with Crippen LogP contribution in [0.1, 0.15) is 49.4 Å². The van der Waals surface area contributed by atoms with Crippen LogP contribution in [0.5, 0.6) is 0 Å². The van der Waals surface area contributed by atoms with Crippen LogP contribution in [0.4, 0.5) is 0 Å². The van der Waals surface area contributed by atoms with E-state index in [9.17, 15) is 0 Å². The summed E-state index contributed by atoms with van der Waals surface area (Å²) >= 11 is 4.66. The second-order valence-electron chi connectivity index (χ2n) is 7.14. The van der Waals surface area contributed by atoms with Crippen LogP contribution in [0, 0.1) is 5.92 Å². The van der Waals surface area contributed by atoms with E-state index in [0.717, 1.165) is 18.2 Å². The maximum Gasteiger partial charge on any atom is 0.0488 e. The fourth-order valence-electron chi connectivity index (χ4n) is 4.71. The Kier molecular flexibility index (Phi) is 3.74. The summed E-state index contributed by atoms with van der Waals surface area (Å²) in [6, 6.07) is 7.56. The molecular formula is C19H26N2S. The largest absolute Gasteiger partial charge is 0.343 e. The molecule has 118 valence electrons. The van der Waals surface area contributed by atoms with Crippen molar-refractivity contribution in [3.63, 3.8) is 0 Å². The van der Waals surface area contributed by atoms with Gasteiger partial charge in [-0.3, -0.25) is 0 Å². The third-order valence-corrected chi connectivity index (χ3v) is 5.93. The minimum absolute atomic E-state index is 0.616. The van der Waals surface area contributed by atoms with Crippen LogP contribution in [-0.2, 0) is 18.7 Å². The zero-order valence-corrected chi connectivity index (χ0v) is 14.5. The van der Waals surface area contributed by atoms with Gasteiger partial charge < -0.3 is 9.88 Å². The molecule has 2 nitrogen and oxygen atoms in total. The number of fused-ring (bicyclic) bond motifs is 2. The number of benzene rings is 1. The number of thiol groups is 1. The first-order valence-electron chi connectivity index (χ1n) is 8.71. The average Bonchev–Trinajstić information content (AvgIpc) is 2.83. The summed E-state index contributed by atoms with van der Waals surface area (Å²) in [7, 11) is 0. The Morgan fingerprint density at radius 3 is 3.00 bits per heavy atom. The number of rotatable bonds is 3. The number of piperidine rings is 1. The molecule has 1 aromatic carbocycles. The lowest BCUT2D eigenvalue weighted by Gasteiger charge is -2.39. The highest BCUT2D eigenvalue weighted by atomic mass is 32.1. The van der Waals surface area contributed by atoms with Gasteiger partial charge in [-0.2, -0.15) is 12.6 Å². The number of aromatic nitrogens is 1. The lowest BCUT2D eigenvalue weighted by Crippen LogP contribution is -2.46. The Morgan fingerprint density at radius 1 is 1.36 bits per heavy atom. The Hall–Kier alpha value is -0.930. The van der Waals surface area contributed by atoms with Crippen molar-refractivity contribution in [2.24, 2.45) is 5.92 Å². The van der Waals surface area contributed by atoms with Gasteiger partial charge in [0.05, 0.1) is 0 Å². The van der Waals surface area contributed by atoms with Crippen molar-refractivity contribution < 1.29 is 0 Å². The molecule has 4 rings (SSSR count). The number of nitrogens with zero attached hydrogens (tertiary/aromatic N) is 1. The molecule has 1 aliphatic carbocycles. The van der Waals surface area contributed by atoms with Crippen molar-refractivity contribution in [3.8, 4) is 0 Å². The highest BCUT2D eigenvalue weighted by Crippen LogP contribution is 2.44. The van der Waals surface area contributed by atoms with Gasteiger partial charge in [0, 0.05) is 40.9 Å². The highest BCUT2D eigenvalue weighted by Gasteiger charge is 2.36. The van der Waals surface area contributed by atoms with Crippen molar-refractivity contribution in [1.29, 1.82) is 0 Å².